The summed E-state index contributed by atoms with van der Waals surface area (Å²) in [7, 11) is 6.57. The first-order valence-electron chi connectivity index (χ1n) is 5.86. The smallest absolute Gasteiger partial charge is 0.0970 e. The Kier molecular flexibility index (Phi) is 5.28. The largest absolute Gasteiger partial charge is 1.00 e. The molecule has 1 aromatic carbocycles. The van der Waals surface area contributed by atoms with Gasteiger partial charge in [0.05, 0.1) is 33.2 Å². The monoisotopic (exact) mass is 354 g/mol. The molecule has 0 radical (unpaired) electrons. The van der Waals surface area contributed by atoms with E-state index < -0.39 is 0 Å². The van der Waals surface area contributed by atoms with Crippen LogP contribution in [0, 0.1) is 0 Å². The number of likely N-dealkylation sites (N-methyl/N-ethyl adjacent to an activating group) is 1. The van der Waals surface area contributed by atoms with Crippen LogP contribution in [0.5, 0.6) is 0 Å². The number of hydrogen-bond acceptors (Lipinski definition) is 1. The summed E-state index contributed by atoms with van der Waals surface area (Å²) in [6, 6.07) is 10.4. The number of pyridine rings is 1. The van der Waals surface area contributed by atoms with E-state index in [1.807, 2.05) is 12.3 Å². The van der Waals surface area contributed by atoms with Gasteiger partial charge in [0.1, 0.15) is 0 Å². The van der Waals surface area contributed by atoms with Crippen LogP contribution in [-0.2, 0) is 0 Å². The van der Waals surface area contributed by atoms with Crippen molar-refractivity contribution < 1.29 is 28.5 Å². The summed E-state index contributed by atoms with van der Waals surface area (Å²) in [5.41, 5.74) is 2.29. The molecule has 0 aliphatic carbocycles. The van der Waals surface area contributed by atoms with Gasteiger partial charge in [0.25, 0.3) is 0 Å². The van der Waals surface area contributed by atoms with Gasteiger partial charge in [-0.15, -0.1) is 0 Å². The van der Waals surface area contributed by atoms with Crippen LogP contribution in [0.3, 0.4) is 0 Å². The molecule has 0 bridgehead atoms. The highest BCUT2D eigenvalue weighted by Gasteiger charge is 2.01. The zero-order chi connectivity index (χ0) is 12.3. The Morgan fingerprint density at radius 1 is 1.17 bits per heavy atom. The Morgan fingerprint density at radius 2 is 1.94 bits per heavy atom. The van der Waals surface area contributed by atoms with Gasteiger partial charge in [-0.05, 0) is 29.8 Å². The lowest BCUT2D eigenvalue weighted by Gasteiger charge is -2.21. The Bertz CT molecular complexity index is 541. The molecule has 0 N–H and O–H groups in total. The molecule has 3 heteroatoms. The van der Waals surface area contributed by atoms with Gasteiger partial charge in [-0.25, -0.2) is 0 Å². The molecule has 0 saturated carbocycles. The molecule has 0 spiro atoms. The van der Waals surface area contributed by atoms with Crippen LogP contribution in [0.2, 0.25) is 0 Å². The van der Waals surface area contributed by atoms with Crippen molar-refractivity contribution in [3.8, 4) is 0 Å². The predicted molar refractivity (Wildman–Crippen MR) is 73.7 cm³/mol. The normalized spacial score (nSPS) is 11.7. The third-order valence-corrected chi connectivity index (χ3v) is 2.59. The van der Waals surface area contributed by atoms with Gasteiger partial charge in [0, 0.05) is 11.6 Å². The molecular formula is C15H19IN2. The van der Waals surface area contributed by atoms with E-state index in [2.05, 4.69) is 62.5 Å². The topological polar surface area (TPSA) is 12.9 Å². The second-order valence-corrected chi connectivity index (χ2v) is 5.33. The fraction of sp³-hybridized carbons (Fsp3) is 0.267. The molecule has 2 rings (SSSR count). The minimum Gasteiger partial charge on any atom is -1.00 e. The highest BCUT2D eigenvalue weighted by Crippen LogP contribution is 2.14. The van der Waals surface area contributed by atoms with Crippen LogP contribution in [0.25, 0.3) is 17.0 Å². The van der Waals surface area contributed by atoms with Crippen molar-refractivity contribution in [2.24, 2.45) is 0 Å². The maximum absolute atomic E-state index is 4.31. The Labute approximate surface area is 126 Å². The molecule has 0 atom stereocenters. The van der Waals surface area contributed by atoms with E-state index in [9.17, 15) is 0 Å². The molecule has 0 fully saturated rings. The van der Waals surface area contributed by atoms with Crippen LogP contribution >= 0.6 is 0 Å². The summed E-state index contributed by atoms with van der Waals surface area (Å²) in [4.78, 5) is 4.31. The first-order valence-corrected chi connectivity index (χ1v) is 5.86. The highest BCUT2D eigenvalue weighted by molar-refractivity contribution is 5.80. The zero-order valence-corrected chi connectivity index (χ0v) is 13.3. The summed E-state index contributed by atoms with van der Waals surface area (Å²) in [5.74, 6) is 0. The maximum Gasteiger partial charge on any atom is 0.0970 e. The number of fused-ring (bicyclic) bond motifs is 1. The molecule has 0 aliphatic rings. The van der Waals surface area contributed by atoms with Gasteiger partial charge in [-0.2, -0.15) is 0 Å². The van der Waals surface area contributed by atoms with Crippen LogP contribution in [0.15, 0.2) is 42.6 Å². The minimum absolute atomic E-state index is 0. The molecule has 0 saturated heterocycles. The number of quaternary nitrogens is 1. The lowest BCUT2D eigenvalue weighted by Crippen LogP contribution is -3.00. The van der Waals surface area contributed by atoms with Crippen molar-refractivity contribution in [3.63, 3.8) is 0 Å². The molecular weight excluding hydrogens is 335 g/mol. The predicted octanol–water partition coefficient (Wildman–Crippen LogP) is -0.0418. The average Bonchev–Trinajstić information content (AvgIpc) is 2.27. The second-order valence-electron chi connectivity index (χ2n) is 5.33. The van der Waals surface area contributed by atoms with Gasteiger partial charge < -0.3 is 28.5 Å². The standard InChI is InChI=1S/C15H19N2.HI/c1-17(2,3)11-5-6-13-8-9-15-14(12-13)7-4-10-16-15;/h4-10,12H,11H2,1-3H3;1H/q+1;/p-1/b6-5+;. The van der Waals surface area contributed by atoms with Gasteiger partial charge >= 0.3 is 0 Å². The van der Waals surface area contributed by atoms with Crippen molar-refractivity contribution >= 4 is 17.0 Å². The quantitative estimate of drug-likeness (QED) is 0.557. The molecule has 0 aliphatic heterocycles. The van der Waals surface area contributed by atoms with Crippen LogP contribution < -0.4 is 24.0 Å². The van der Waals surface area contributed by atoms with E-state index in [1.54, 1.807) is 0 Å². The molecule has 1 aromatic heterocycles. The van der Waals surface area contributed by atoms with Gasteiger partial charge in [-0.3, -0.25) is 4.98 Å². The first kappa shape index (κ1) is 15.1. The van der Waals surface area contributed by atoms with E-state index in [1.165, 1.54) is 10.9 Å². The summed E-state index contributed by atoms with van der Waals surface area (Å²) >= 11 is 0. The number of hydrogen-bond donors (Lipinski definition) is 0. The van der Waals surface area contributed by atoms with Crippen molar-refractivity contribution in [2.45, 2.75) is 0 Å². The van der Waals surface area contributed by atoms with Gasteiger partial charge in [0.15, 0.2) is 0 Å². The Hall–Kier alpha value is -0.940. The van der Waals surface area contributed by atoms with Gasteiger partial charge in [0.2, 0.25) is 0 Å². The number of nitrogens with zero attached hydrogens (tertiary/aromatic N) is 2. The van der Waals surface area contributed by atoms with Crippen LogP contribution in [-0.4, -0.2) is 37.2 Å². The van der Waals surface area contributed by atoms with Crippen molar-refractivity contribution in [1.29, 1.82) is 0 Å². The lowest BCUT2D eigenvalue weighted by atomic mass is 10.1. The average molecular weight is 354 g/mol. The third-order valence-electron chi connectivity index (χ3n) is 2.59. The fourth-order valence-corrected chi connectivity index (χ4v) is 1.70. The van der Waals surface area contributed by atoms with Crippen molar-refractivity contribution in [1.82, 2.24) is 4.98 Å². The van der Waals surface area contributed by atoms with Crippen molar-refractivity contribution in [2.75, 3.05) is 27.7 Å². The van der Waals surface area contributed by atoms with E-state index >= 15 is 0 Å². The van der Waals surface area contributed by atoms with E-state index in [0.29, 0.717) is 0 Å². The highest BCUT2D eigenvalue weighted by atomic mass is 127. The number of benzene rings is 1. The summed E-state index contributed by atoms with van der Waals surface area (Å²) < 4.78 is 0.950. The summed E-state index contributed by atoms with van der Waals surface area (Å²) in [6.45, 7) is 1.03. The minimum atomic E-state index is 0. The molecule has 0 amide bonds. The fourth-order valence-electron chi connectivity index (χ4n) is 1.70. The van der Waals surface area contributed by atoms with Crippen LogP contribution in [0.4, 0.5) is 0 Å². The molecule has 2 aromatic rings. The van der Waals surface area contributed by atoms with E-state index in [-0.39, 0.29) is 24.0 Å². The van der Waals surface area contributed by atoms with Crippen LogP contribution in [0.1, 0.15) is 5.56 Å². The number of aromatic nitrogens is 1. The summed E-state index contributed by atoms with van der Waals surface area (Å²) in [6.07, 6.45) is 6.22. The molecule has 96 valence electrons. The zero-order valence-electron chi connectivity index (χ0n) is 11.1. The summed E-state index contributed by atoms with van der Waals surface area (Å²) in [5, 5.41) is 1.19. The maximum atomic E-state index is 4.31. The third kappa shape index (κ3) is 4.38. The first-order chi connectivity index (χ1) is 8.04. The number of rotatable bonds is 3. The molecule has 18 heavy (non-hydrogen) atoms. The molecule has 1 heterocycles. The lowest BCUT2D eigenvalue weighted by molar-refractivity contribution is -0.864. The Balaban J connectivity index is 0.00000162. The molecule has 2 nitrogen and oxygen atoms in total. The molecule has 0 unspecified atom stereocenters. The number of halogens is 1. The Morgan fingerprint density at radius 3 is 2.67 bits per heavy atom. The van der Waals surface area contributed by atoms with Crippen molar-refractivity contribution in [3.05, 3.63) is 48.2 Å². The van der Waals surface area contributed by atoms with E-state index in [4.69, 9.17) is 0 Å². The second kappa shape index (κ2) is 6.29. The van der Waals surface area contributed by atoms with Gasteiger partial charge in [-0.1, -0.05) is 18.2 Å². The SMILES string of the molecule is C[N+](C)(C)C/C=C/c1ccc2ncccc2c1.[I-]. The van der Waals surface area contributed by atoms with E-state index in [0.717, 1.165) is 16.5 Å².